The third-order valence-corrected chi connectivity index (χ3v) is 4.80. The zero-order valence-corrected chi connectivity index (χ0v) is 11.9. The van der Waals surface area contributed by atoms with Crippen molar-refractivity contribution in [2.24, 2.45) is 5.92 Å². The molecule has 0 aliphatic carbocycles. The van der Waals surface area contributed by atoms with Crippen LogP contribution in [-0.4, -0.2) is 44.9 Å². The predicted octanol–water partition coefficient (Wildman–Crippen LogP) is 0.551. The quantitative estimate of drug-likeness (QED) is 0.736. The third-order valence-electron chi connectivity index (χ3n) is 2.98. The maximum Gasteiger partial charge on any atom is 0.279 e. The topological polar surface area (TPSA) is 61.4 Å². The van der Waals surface area contributed by atoms with Crippen molar-refractivity contribution in [2.75, 3.05) is 26.2 Å². The maximum atomic E-state index is 11.9. The summed E-state index contributed by atoms with van der Waals surface area (Å²) in [5.74, 6) is 0.612. The van der Waals surface area contributed by atoms with Gasteiger partial charge in [0.15, 0.2) is 0 Å². The lowest BCUT2D eigenvalue weighted by molar-refractivity contribution is 0.265. The summed E-state index contributed by atoms with van der Waals surface area (Å²) in [5.41, 5.74) is 0. The first-order valence-corrected chi connectivity index (χ1v) is 7.87. The molecule has 1 aliphatic heterocycles. The number of rotatable bonds is 6. The van der Waals surface area contributed by atoms with Gasteiger partial charge in [-0.25, -0.2) is 0 Å². The summed E-state index contributed by atoms with van der Waals surface area (Å²) in [5, 5.41) is 3.32. The van der Waals surface area contributed by atoms with Crippen LogP contribution in [0.25, 0.3) is 0 Å². The Morgan fingerprint density at radius 2 is 1.88 bits per heavy atom. The van der Waals surface area contributed by atoms with Crippen LogP contribution in [0.2, 0.25) is 0 Å². The molecule has 2 N–H and O–H groups in total. The summed E-state index contributed by atoms with van der Waals surface area (Å²) < 4.78 is 28.0. The highest BCUT2D eigenvalue weighted by atomic mass is 32.2. The van der Waals surface area contributed by atoms with Gasteiger partial charge in [0.1, 0.15) is 0 Å². The first-order chi connectivity index (χ1) is 7.95. The second-order valence-electron chi connectivity index (χ2n) is 4.93. The van der Waals surface area contributed by atoms with Crippen LogP contribution in [0, 0.1) is 5.92 Å². The van der Waals surface area contributed by atoms with Crippen molar-refractivity contribution in [3.63, 3.8) is 0 Å². The molecule has 0 spiro atoms. The van der Waals surface area contributed by atoms with E-state index < -0.39 is 10.2 Å². The van der Waals surface area contributed by atoms with Gasteiger partial charge in [-0.1, -0.05) is 6.92 Å². The van der Waals surface area contributed by atoms with Crippen LogP contribution < -0.4 is 10.0 Å². The minimum atomic E-state index is -3.26. The van der Waals surface area contributed by atoms with E-state index in [0.29, 0.717) is 19.0 Å². The Morgan fingerprint density at radius 1 is 1.29 bits per heavy atom. The third kappa shape index (κ3) is 4.91. The molecule has 1 saturated heterocycles. The first kappa shape index (κ1) is 14.9. The highest BCUT2D eigenvalue weighted by molar-refractivity contribution is 7.87. The lowest BCUT2D eigenvalue weighted by Crippen LogP contribution is -2.47. The molecule has 1 aliphatic rings. The fraction of sp³-hybridized carbons (Fsp3) is 1.00. The summed E-state index contributed by atoms with van der Waals surface area (Å²) in [6, 6.07) is -0.0421. The summed E-state index contributed by atoms with van der Waals surface area (Å²) in [4.78, 5) is 0. The van der Waals surface area contributed by atoms with Crippen LogP contribution in [0.5, 0.6) is 0 Å². The standard InChI is InChI=1S/C11H25N3O2S/c1-4-12-9-11-5-7-14(8-6-11)17(15,16)13-10(2)3/h10-13H,4-9H2,1-3H3. The molecule has 0 radical (unpaired) electrons. The molecule has 0 aromatic heterocycles. The Balaban J connectivity index is 2.41. The molecule has 1 fully saturated rings. The van der Waals surface area contributed by atoms with Gasteiger partial charge < -0.3 is 5.32 Å². The molecular weight excluding hydrogens is 238 g/mol. The molecule has 0 unspecified atom stereocenters. The molecule has 1 rings (SSSR count). The van der Waals surface area contributed by atoms with Crippen molar-refractivity contribution in [2.45, 2.75) is 39.7 Å². The first-order valence-electron chi connectivity index (χ1n) is 6.43. The van der Waals surface area contributed by atoms with Gasteiger partial charge in [0, 0.05) is 19.1 Å². The summed E-state index contributed by atoms with van der Waals surface area (Å²) in [7, 11) is -3.26. The van der Waals surface area contributed by atoms with Crippen LogP contribution in [-0.2, 0) is 10.2 Å². The summed E-state index contributed by atoms with van der Waals surface area (Å²) >= 11 is 0. The number of piperidine rings is 1. The van der Waals surface area contributed by atoms with Crippen molar-refractivity contribution in [3.05, 3.63) is 0 Å². The van der Waals surface area contributed by atoms with E-state index in [2.05, 4.69) is 17.0 Å². The second-order valence-corrected chi connectivity index (χ2v) is 6.63. The highest BCUT2D eigenvalue weighted by Crippen LogP contribution is 2.18. The van der Waals surface area contributed by atoms with Gasteiger partial charge in [-0.15, -0.1) is 0 Å². The Labute approximate surface area is 105 Å². The van der Waals surface area contributed by atoms with E-state index in [9.17, 15) is 8.42 Å². The molecule has 102 valence electrons. The van der Waals surface area contributed by atoms with Gasteiger partial charge in [-0.3, -0.25) is 0 Å². The van der Waals surface area contributed by atoms with Crippen molar-refractivity contribution in [1.82, 2.24) is 14.3 Å². The molecule has 6 heteroatoms. The largest absolute Gasteiger partial charge is 0.317 e. The van der Waals surface area contributed by atoms with E-state index in [-0.39, 0.29) is 6.04 Å². The van der Waals surface area contributed by atoms with E-state index in [1.54, 1.807) is 4.31 Å². The van der Waals surface area contributed by atoms with Gasteiger partial charge in [0.2, 0.25) is 0 Å². The fourth-order valence-corrected chi connectivity index (χ4v) is 3.51. The lowest BCUT2D eigenvalue weighted by atomic mass is 9.98. The normalized spacial score (nSPS) is 20.0. The smallest absolute Gasteiger partial charge is 0.279 e. The molecule has 0 atom stereocenters. The van der Waals surface area contributed by atoms with Crippen LogP contribution in [0.4, 0.5) is 0 Å². The maximum absolute atomic E-state index is 11.9. The Kier molecular flexibility index (Phi) is 5.85. The van der Waals surface area contributed by atoms with Gasteiger partial charge in [0.25, 0.3) is 10.2 Å². The SMILES string of the molecule is CCNCC1CCN(S(=O)(=O)NC(C)C)CC1. The van der Waals surface area contributed by atoms with E-state index >= 15 is 0 Å². The summed E-state index contributed by atoms with van der Waals surface area (Å²) in [6.45, 7) is 9.03. The number of hydrogen-bond donors (Lipinski definition) is 2. The average molecular weight is 263 g/mol. The monoisotopic (exact) mass is 263 g/mol. The van der Waals surface area contributed by atoms with E-state index in [4.69, 9.17) is 0 Å². The second kappa shape index (κ2) is 6.68. The van der Waals surface area contributed by atoms with E-state index in [1.165, 1.54) is 0 Å². The average Bonchev–Trinajstić information content (AvgIpc) is 2.25. The van der Waals surface area contributed by atoms with E-state index in [0.717, 1.165) is 25.9 Å². The fourth-order valence-electron chi connectivity index (χ4n) is 2.07. The van der Waals surface area contributed by atoms with Crippen molar-refractivity contribution >= 4 is 10.2 Å². The Morgan fingerprint density at radius 3 is 2.35 bits per heavy atom. The molecule has 5 nitrogen and oxygen atoms in total. The minimum Gasteiger partial charge on any atom is -0.317 e. The van der Waals surface area contributed by atoms with Gasteiger partial charge in [-0.05, 0) is 45.7 Å². The Bertz CT molecular complexity index is 309. The zero-order chi connectivity index (χ0) is 12.9. The van der Waals surface area contributed by atoms with Crippen LogP contribution in [0.1, 0.15) is 33.6 Å². The van der Waals surface area contributed by atoms with Gasteiger partial charge >= 0.3 is 0 Å². The molecule has 0 aromatic carbocycles. The molecular formula is C11H25N3O2S. The van der Waals surface area contributed by atoms with E-state index in [1.807, 2.05) is 13.8 Å². The van der Waals surface area contributed by atoms with Gasteiger partial charge in [-0.2, -0.15) is 17.4 Å². The number of nitrogens with one attached hydrogen (secondary N) is 2. The molecule has 17 heavy (non-hydrogen) atoms. The van der Waals surface area contributed by atoms with Crippen molar-refractivity contribution in [3.8, 4) is 0 Å². The van der Waals surface area contributed by atoms with Crippen LogP contribution in [0.3, 0.4) is 0 Å². The zero-order valence-electron chi connectivity index (χ0n) is 11.1. The Hall–Kier alpha value is -0.170. The van der Waals surface area contributed by atoms with Gasteiger partial charge in [0.05, 0.1) is 0 Å². The summed E-state index contributed by atoms with van der Waals surface area (Å²) in [6.07, 6.45) is 1.90. The molecule has 0 amide bonds. The molecule has 0 aromatic rings. The van der Waals surface area contributed by atoms with Crippen LogP contribution >= 0.6 is 0 Å². The number of hydrogen-bond acceptors (Lipinski definition) is 3. The molecule has 0 saturated carbocycles. The number of nitrogens with zero attached hydrogens (tertiary/aromatic N) is 1. The predicted molar refractivity (Wildman–Crippen MR) is 70.0 cm³/mol. The molecule has 0 bridgehead atoms. The van der Waals surface area contributed by atoms with Crippen LogP contribution in [0.15, 0.2) is 0 Å². The highest BCUT2D eigenvalue weighted by Gasteiger charge is 2.27. The minimum absolute atomic E-state index is 0.0421. The van der Waals surface area contributed by atoms with Crippen molar-refractivity contribution in [1.29, 1.82) is 0 Å². The lowest BCUT2D eigenvalue weighted by Gasteiger charge is -2.31. The van der Waals surface area contributed by atoms with Crippen molar-refractivity contribution < 1.29 is 8.42 Å². The molecule has 1 heterocycles.